The van der Waals surface area contributed by atoms with Crippen LogP contribution >= 0.6 is 23.4 Å². The fourth-order valence-electron chi connectivity index (χ4n) is 4.53. The van der Waals surface area contributed by atoms with Crippen molar-refractivity contribution >= 4 is 35.2 Å². The van der Waals surface area contributed by atoms with E-state index in [1.54, 1.807) is 18.7 Å². The van der Waals surface area contributed by atoms with Crippen molar-refractivity contribution in [1.29, 1.82) is 0 Å². The predicted octanol–water partition coefficient (Wildman–Crippen LogP) is 6.40. The van der Waals surface area contributed by atoms with Gasteiger partial charge in [-0.3, -0.25) is 4.79 Å². The highest BCUT2D eigenvalue weighted by Gasteiger charge is 2.35. The van der Waals surface area contributed by atoms with Crippen LogP contribution in [0.3, 0.4) is 0 Å². The molecule has 2 aromatic rings. The van der Waals surface area contributed by atoms with Crippen LogP contribution < -0.4 is 0 Å². The van der Waals surface area contributed by atoms with Gasteiger partial charge in [0.05, 0.1) is 10.4 Å². The Morgan fingerprint density at radius 3 is 2.41 bits per heavy atom. The van der Waals surface area contributed by atoms with Gasteiger partial charge in [-0.25, -0.2) is 4.58 Å². The van der Waals surface area contributed by atoms with E-state index in [4.69, 9.17) is 11.6 Å². The molecule has 34 heavy (non-hydrogen) atoms. The predicted molar refractivity (Wildman–Crippen MR) is 144 cm³/mol. The first-order valence-electron chi connectivity index (χ1n) is 12.2. The zero-order valence-electron chi connectivity index (χ0n) is 20.9. The highest BCUT2D eigenvalue weighted by atomic mass is 35.5. The molecule has 184 valence electrons. The van der Waals surface area contributed by atoms with Gasteiger partial charge in [0.15, 0.2) is 0 Å². The van der Waals surface area contributed by atoms with Crippen molar-refractivity contribution in [3.63, 3.8) is 0 Å². The number of nitrogens with zero attached hydrogens (tertiary/aromatic N) is 2. The Labute approximate surface area is 214 Å². The summed E-state index contributed by atoms with van der Waals surface area (Å²) in [6.07, 6.45) is 5.82. The molecule has 1 saturated heterocycles. The second kappa shape index (κ2) is 12.1. The number of piperidine rings is 1. The van der Waals surface area contributed by atoms with Gasteiger partial charge < -0.3 is 10.0 Å². The van der Waals surface area contributed by atoms with Gasteiger partial charge in [-0.1, -0.05) is 54.8 Å². The molecule has 2 aromatic carbocycles. The summed E-state index contributed by atoms with van der Waals surface area (Å²) < 4.78 is 1.65. The van der Waals surface area contributed by atoms with Gasteiger partial charge in [0.2, 0.25) is 5.91 Å². The molecule has 0 aromatic heterocycles. The molecule has 1 heterocycles. The third-order valence-electron chi connectivity index (χ3n) is 6.81. The van der Waals surface area contributed by atoms with Crippen molar-refractivity contribution in [3.05, 3.63) is 64.7 Å². The van der Waals surface area contributed by atoms with Crippen molar-refractivity contribution in [2.75, 3.05) is 32.9 Å². The van der Waals surface area contributed by atoms with Crippen molar-refractivity contribution in [1.82, 2.24) is 4.90 Å². The van der Waals surface area contributed by atoms with Crippen LogP contribution in [0.5, 0.6) is 0 Å². The van der Waals surface area contributed by atoms with Crippen LogP contribution in [-0.4, -0.2) is 59.3 Å². The molecule has 0 spiro atoms. The Morgan fingerprint density at radius 1 is 1.12 bits per heavy atom. The number of thioether (sulfide) groups is 1. The quantitative estimate of drug-likeness (QED) is 0.142. The molecule has 0 bridgehead atoms. The van der Waals surface area contributed by atoms with Crippen LogP contribution in [-0.2, 0) is 10.2 Å². The highest BCUT2D eigenvalue weighted by molar-refractivity contribution is 7.99. The maximum atomic E-state index is 13.2. The average Bonchev–Trinajstić information content (AvgIpc) is 2.84. The summed E-state index contributed by atoms with van der Waals surface area (Å²) in [5, 5.41) is 10.7. The van der Waals surface area contributed by atoms with E-state index in [0.29, 0.717) is 16.5 Å². The number of rotatable bonds is 9. The summed E-state index contributed by atoms with van der Waals surface area (Å²) in [6, 6.07) is 16.0. The van der Waals surface area contributed by atoms with Gasteiger partial charge in [-0.05, 0) is 68.5 Å². The van der Waals surface area contributed by atoms with E-state index in [-0.39, 0.29) is 11.8 Å². The molecule has 0 unspecified atom stereocenters. The van der Waals surface area contributed by atoms with E-state index in [0.717, 1.165) is 42.1 Å². The maximum Gasteiger partial charge on any atom is 0.368 e. The molecule has 1 aliphatic rings. The van der Waals surface area contributed by atoms with Gasteiger partial charge >= 0.3 is 5.90 Å². The fourth-order valence-corrected chi connectivity index (χ4v) is 5.81. The minimum atomic E-state index is -0.477. The Morgan fingerprint density at radius 2 is 1.79 bits per heavy atom. The van der Waals surface area contributed by atoms with E-state index in [9.17, 15) is 9.90 Å². The SMILES string of the molecule is C[N+](C)=C(O)c1ccc(SCCCCC2CCN(C(=O)C(C)(C)c3ccccc3)CC2)cc1Cl. The third kappa shape index (κ3) is 6.79. The molecule has 0 saturated carbocycles. The fraction of sp³-hybridized carbons (Fsp3) is 0.500. The number of carbonyl (C=O) groups excluding carboxylic acids is 1. The van der Waals surface area contributed by atoms with Gasteiger partial charge in [-0.2, -0.15) is 0 Å². The van der Waals surface area contributed by atoms with Gasteiger partial charge in [0.25, 0.3) is 0 Å². The van der Waals surface area contributed by atoms with Crippen LogP contribution in [0.15, 0.2) is 53.4 Å². The van der Waals surface area contributed by atoms with Crippen LogP contribution in [0.25, 0.3) is 0 Å². The molecule has 6 heteroatoms. The molecule has 0 radical (unpaired) electrons. The molecule has 3 rings (SSSR count). The van der Waals surface area contributed by atoms with Crippen molar-refractivity contribution in [3.8, 4) is 0 Å². The highest BCUT2D eigenvalue weighted by Crippen LogP contribution is 2.30. The molecule has 1 N–H and O–H groups in total. The zero-order valence-corrected chi connectivity index (χ0v) is 22.5. The summed E-state index contributed by atoms with van der Waals surface area (Å²) in [5.74, 6) is 2.20. The lowest BCUT2D eigenvalue weighted by atomic mass is 9.82. The maximum absolute atomic E-state index is 13.2. The van der Waals surface area contributed by atoms with Crippen molar-refractivity contribution < 1.29 is 14.5 Å². The normalized spacial score (nSPS) is 14.8. The number of benzene rings is 2. The number of aliphatic hydroxyl groups is 1. The number of aliphatic hydroxyl groups excluding tert-OH is 1. The van der Waals surface area contributed by atoms with Gasteiger partial charge in [0.1, 0.15) is 19.7 Å². The minimum Gasteiger partial charge on any atom is -0.460 e. The first-order valence-corrected chi connectivity index (χ1v) is 13.6. The Balaban J connectivity index is 1.37. The molecular formula is C28H38ClN2O2S+. The summed E-state index contributed by atoms with van der Waals surface area (Å²) in [5.41, 5.74) is 1.27. The van der Waals surface area contributed by atoms with E-state index >= 15 is 0 Å². The first kappa shape index (κ1) is 26.6. The number of amides is 1. The lowest BCUT2D eigenvalue weighted by molar-refractivity contribution is -0.472. The lowest BCUT2D eigenvalue weighted by Gasteiger charge is -2.37. The van der Waals surface area contributed by atoms with Crippen molar-refractivity contribution in [2.24, 2.45) is 5.92 Å². The molecule has 1 fully saturated rings. The number of halogens is 1. The third-order valence-corrected chi connectivity index (χ3v) is 8.21. The Hall–Kier alpha value is -1.98. The molecule has 1 aliphatic heterocycles. The summed E-state index contributed by atoms with van der Waals surface area (Å²) >= 11 is 8.17. The van der Waals surface area contributed by atoms with Crippen LogP contribution in [0.4, 0.5) is 0 Å². The zero-order chi connectivity index (χ0) is 24.7. The van der Waals surface area contributed by atoms with Crippen molar-refractivity contribution in [2.45, 2.75) is 56.3 Å². The van der Waals surface area contributed by atoms with Gasteiger partial charge in [0, 0.05) is 18.0 Å². The number of hydrogen-bond donors (Lipinski definition) is 1. The minimum absolute atomic E-state index is 0.179. The molecule has 4 nitrogen and oxygen atoms in total. The molecule has 1 amide bonds. The number of hydrogen-bond acceptors (Lipinski definition) is 2. The van der Waals surface area contributed by atoms with E-state index in [1.807, 2.05) is 62.0 Å². The molecular weight excluding hydrogens is 464 g/mol. The first-order chi connectivity index (χ1) is 16.2. The second-order valence-corrected chi connectivity index (χ2v) is 11.5. The summed E-state index contributed by atoms with van der Waals surface area (Å²) in [7, 11) is 3.59. The largest absolute Gasteiger partial charge is 0.460 e. The smallest absolute Gasteiger partial charge is 0.368 e. The topological polar surface area (TPSA) is 43.6 Å². The average molecular weight is 502 g/mol. The van der Waals surface area contributed by atoms with E-state index in [1.165, 1.54) is 19.3 Å². The summed E-state index contributed by atoms with van der Waals surface area (Å²) in [6.45, 7) is 5.82. The monoisotopic (exact) mass is 501 g/mol. The Bertz CT molecular complexity index is 995. The molecule has 0 aliphatic carbocycles. The van der Waals surface area contributed by atoms with Crippen LogP contribution in [0.1, 0.15) is 57.1 Å². The second-order valence-electron chi connectivity index (χ2n) is 9.93. The number of unbranched alkanes of at least 4 members (excludes halogenated alkanes) is 1. The molecule has 0 atom stereocenters. The number of likely N-dealkylation sites (tertiary alicyclic amines) is 1. The van der Waals surface area contributed by atoms with E-state index < -0.39 is 5.41 Å². The van der Waals surface area contributed by atoms with Crippen LogP contribution in [0.2, 0.25) is 5.02 Å². The van der Waals surface area contributed by atoms with E-state index in [2.05, 4.69) is 17.0 Å². The summed E-state index contributed by atoms with van der Waals surface area (Å²) in [4.78, 5) is 16.4. The Kier molecular flexibility index (Phi) is 9.49. The standard InChI is InChI=1S/C28H37ClN2O2S/c1-28(2,22-11-6-5-7-12-22)27(33)31-17-15-21(16-18-31)10-8-9-19-34-23-13-14-24(25(29)20-23)26(32)30(3)4/h5-7,11-14,20-21H,8-10,15-19H2,1-4H3/p+1. The lowest BCUT2D eigenvalue weighted by Crippen LogP contribution is -2.47. The van der Waals surface area contributed by atoms with Gasteiger partial charge in [-0.15, -0.1) is 11.8 Å². The van der Waals surface area contributed by atoms with Crippen LogP contribution in [0, 0.1) is 5.92 Å². The number of carbonyl (C=O) groups is 1.